The zero-order valence-corrected chi connectivity index (χ0v) is 16.5. The Morgan fingerprint density at radius 1 is 0.967 bits per heavy atom. The Bertz CT molecular complexity index is 1170. The summed E-state index contributed by atoms with van der Waals surface area (Å²) in [6, 6.07) is 17.4. The summed E-state index contributed by atoms with van der Waals surface area (Å²) in [6.45, 7) is 0.171. The maximum absolute atomic E-state index is 13.0. The Morgan fingerprint density at radius 2 is 1.77 bits per heavy atom. The summed E-state index contributed by atoms with van der Waals surface area (Å²) >= 11 is 0. The second-order valence-corrected chi connectivity index (χ2v) is 7.54. The highest BCUT2D eigenvalue weighted by molar-refractivity contribution is 6.06. The van der Waals surface area contributed by atoms with Crippen molar-refractivity contribution in [3.05, 3.63) is 77.0 Å². The van der Waals surface area contributed by atoms with Gasteiger partial charge in [-0.1, -0.05) is 48.5 Å². The van der Waals surface area contributed by atoms with Crippen molar-refractivity contribution in [2.45, 2.75) is 25.7 Å². The Hall–Kier alpha value is -3.54. The van der Waals surface area contributed by atoms with Gasteiger partial charge in [0.05, 0.1) is 23.3 Å². The Labute approximate surface area is 174 Å². The molecule has 1 aliphatic carbocycles. The lowest BCUT2D eigenvalue weighted by Crippen LogP contribution is -2.29. The van der Waals surface area contributed by atoms with Crippen LogP contribution in [0.2, 0.25) is 0 Å². The predicted molar refractivity (Wildman–Crippen MR) is 113 cm³/mol. The van der Waals surface area contributed by atoms with E-state index in [2.05, 4.69) is 5.10 Å². The minimum Gasteiger partial charge on any atom is -0.452 e. The van der Waals surface area contributed by atoms with E-state index in [9.17, 15) is 9.59 Å². The van der Waals surface area contributed by atoms with E-state index in [1.165, 1.54) is 5.01 Å². The summed E-state index contributed by atoms with van der Waals surface area (Å²) in [7, 11) is 0. The zero-order valence-electron chi connectivity index (χ0n) is 16.5. The Morgan fingerprint density at radius 3 is 2.63 bits per heavy atom. The van der Waals surface area contributed by atoms with E-state index in [0.29, 0.717) is 18.5 Å². The van der Waals surface area contributed by atoms with Crippen molar-refractivity contribution in [3.8, 4) is 0 Å². The number of benzene rings is 2. The number of hydrazone groups is 1. The smallest absolute Gasteiger partial charge is 0.339 e. The third-order valence-corrected chi connectivity index (χ3v) is 5.65. The summed E-state index contributed by atoms with van der Waals surface area (Å²) in [5, 5.41) is 6.59. The number of carbonyl (C=O) groups is 2. The van der Waals surface area contributed by atoms with Gasteiger partial charge in [0.1, 0.15) is 0 Å². The second-order valence-electron chi connectivity index (χ2n) is 7.54. The van der Waals surface area contributed by atoms with Gasteiger partial charge in [-0.25, -0.2) is 9.80 Å². The number of hydrogen-bond donors (Lipinski definition) is 0. The minimum atomic E-state index is -0.466. The first kappa shape index (κ1) is 18.5. The number of esters is 1. The normalized spacial score (nSPS) is 15.2. The molecular formula is C24H21N3O3. The van der Waals surface area contributed by atoms with E-state index in [0.717, 1.165) is 52.7 Å². The number of aromatic nitrogens is 1. The molecular weight excluding hydrogens is 378 g/mol. The first-order valence-corrected chi connectivity index (χ1v) is 10.2. The van der Waals surface area contributed by atoms with Gasteiger partial charge in [-0.3, -0.25) is 9.78 Å². The number of fused-ring (bicyclic) bond motifs is 2. The number of rotatable bonds is 4. The summed E-state index contributed by atoms with van der Waals surface area (Å²) < 4.78 is 5.45. The lowest BCUT2D eigenvalue weighted by Gasteiger charge is -2.14. The fraction of sp³-hybridized carbons (Fsp3) is 0.250. The van der Waals surface area contributed by atoms with Gasteiger partial charge in [-0.05, 0) is 36.5 Å². The highest BCUT2D eigenvalue weighted by Gasteiger charge is 2.27. The molecule has 0 fully saturated rings. The largest absolute Gasteiger partial charge is 0.452 e. The topological polar surface area (TPSA) is 71.9 Å². The van der Waals surface area contributed by atoms with Crippen LogP contribution in [0.1, 0.15) is 40.0 Å². The summed E-state index contributed by atoms with van der Waals surface area (Å²) in [6.07, 6.45) is 3.33. The van der Waals surface area contributed by atoms with Crippen molar-refractivity contribution in [3.63, 3.8) is 0 Å². The van der Waals surface area contributed by atoms with Gasteiger partial charge in [0.2, 0.25) is 0 Å². The van der Waals surface area contributed by atoms with E-state index < -0.39 is 5.97 Å². The molecule has 0 saturated carbocycles. The van der Waals surface area contributed by atoms with Crippen LogP contribution in [0.25, 0.3) is 10.9 Å². The number of aryl methyl sites for hydroxylation is 1. The number of pyridine rings is 1. The highest BCUT2D eigenvalue weighted by atomic mass is 16.5. The molecule has 150 valence electrons. The fourth-order valence-corrected chi connectivity index (χ4v) is 4.19. The molecule has 1 aromatic heterocycles. The second kappa shape index (κ2) is 7.71. The molecule has 0 saturated heterocycles. The molecule has 0 bridgehead atoms. The van der Waals surface area contributed by atoms with Crippen molar-refractivity contribution < 1.29 is 14.3 Å². The quantitative estimate of drug-likeness (QED) is 0.630. The molecule has 5 rings (SSSR count). The molecule has 6 heteroatoms. The number of amides is 1. The molecule has 2 heterocycles. The SMILES string of the molecule is O=C(OCC(=O)N1CCC(c2ccccc2)=N1)c1c2c(nc3ccccc13)CCC2. The average Bonchev–Trinajstić information content (AvgIpc) is 3.46. The number of carbonyl (C=O) groups excluding carboxylic acids is 2. The van der Waals surface area contributed by atoms with Crippen molar-refractivity contribution in [1.29, 1.82) is 0 Å². The molecule has 2 aliphatic rings. The van der Waals surface area contributed by atoms with E-state index in [4.69, 9.17) is 9.72 Å². The van der Waals surface area contributed by atoms with E-state index in [1.54, 1.807) is 0 Å². The average molecular weight is 399 g/mol. The number of nitrogens with zero attached hydrogens (tertiary/aromatic N) is 3. The van der Waals surface area contributed by atoms with Crippen LogP contribution in [-0.4, -0.2) is 40.7 Å². The third kappa shape index (κ3) is 3.34. The number of para-hydroxylation sites is 1. The van der Waals surface area contributed by atoms with Crippen molar-refractivity contribution in [2.75, 3.05) is 13.2 Å². The fourth-order valence-electron chi connectivity index (χ4n) is 4.19. The van der Waals surface area contributed by atoms with Gasteiger partial charge < -0.3 is 4.74 Å². The van der Waals surface area contributed by atoms with Gasteiger partial charge in [0.25, 0.3) is 5.91 Å². The molecule has 0 N–H and O–H groups in total. The standard InChI is InChI=1S/C24H21N3O3/c28-22(27-14-13-19(26-27)16-7-2-1-3-8-16)15-30-24(29)23-17-9-4-5-11-20(17)25-21-12-6-10-18(21)23/h1-5,7-9,11H,6,10,12-15H2. The summed E-state index contributed by atoms with van der Waals surface area (Å²) in [5.41, 5.74) is 5.13. The molecule has 0 spiro atoms. The monoisotopic (exact) mass is 399 g/mol. The molecule has 30 heavy (non-hydrogen) atoms. The van der Waals surface area contributed by atoms with E-state index in [-0.39, 0.29) is 12.5 Å². The molecule has 1 aliphatic heterocycles. The van der Waals surface area contributed by atoms with Crippen molar-refractivity contribution in [1.82, 2.24) is 9.99 Å². The molecule has 2 aromatic carbocycles. The van der Waals surface area contributed by atoms with E-state index in [1.807, 2.05) is 54.6 Å². The number of hydrogen-bond acceptors (Lipinski definition) is 5. The first-order valence-electron chi connectivity index (χ1n) is 10.2. The van der Waals surface area contributed by atoms with Crippen LogP contribution in [-0.2, 0) is 22.4 Å². The minimum absolute atomic E-state index is 0.315. The van der Waals surface area contributed by atoms with Gasteiger partial charge >= 0.3 is 5.97 Å². The van der Waals surface area contributed by atoms with Gasteiger partial charge in [0.15, 0.2) is 6.61 Å². The first-order chi connectivity index (χ1) is 14.7. The van der Waals surface area contributed by atoms with Crippen LogP contribution in [0.3, 0.4) is 0 Å². The van der Waals surface area contributed by atoms with Crippen molar-refractivity contribution >= 4 is 28.5 Å². The van der Waals surface area contributed by atoms with Crippen molar-refractivity contribution in [2.24, 2.45) is 5.10 Å². The molecule has 1 amide bonds. The van der Waals surface area contributed by atoms with Crippen LogP contribution in [0, 0.1) is 0 Å². The summed E-state index contributed by atoms with van der Waals surface area (Å²) in [4.78, 5) is 30.2. The predicted octanol–water partition coefficient (Wildman–Crippen LogP) is 3.52. The third-order valence-electron chi connectivity index (χ3n) is 5.65. The van der Waals surface area contributed by atoms with Crippen LogP contribution in [0.4, 0.5) is 0 Å². The number of ether oxygens (including phenoxy) is 1. The molecule has 0 radical (unpaired) electrons. The maximum atomic E-state index is 13.0. The van der Waals surface area contributed by atoms with Crippen LogP contribution in [0.5, 0.6) is 0 Å². The van der Waals surface area contributed by atoms with Gasteiger partial charge in [-0.2, -0.15) is 5.10 Å². The molecule has 3 aromatic rings. The van der Waals surface area contributed by atoms with Gasteiger partial charge in [-0.15, -0.1) is 0 Å². The maximum Gasteiger partial charge on any atom is 0.339 e. The van der Waals surface area contributed by atoms with Gasteiger partial charge in [0, 0.05) is 17.5 Å². The lowest BCUT2D eigenvalue weighted by molar-refractivity contribution is -0.134. The van der Waals surface area contributed by atoms with E-state index >= 15 is 0 Å². The highest BCUT2D eigenvalue weighted by Crippen LogP contribution is 2.30. The molecule has 6 nitrogen and oxygen atoms in total. The lowest BCUT2D eigenvalue weighted by atomic mass is 10.0. The van der Waals surface area contributed by atoms with Crippen LogP contribution < -0.4 is 0 Å². The van der Waals surface area contributed by atoms with Crippen LogP contribution in [0.15, 0.2) is 59.7 Å². The Balaban J connectivity index is 1.33. The van der Waals surface area contributed by atoms with Crippen LogP contribution >= 0.6 is 0 Å². The summed E-state index contributed by atoms with van der Waals surface area (Å²) in [5.74, 6) is -0.782. The zero-order chi connectivity index (χ0) is 20.5. The Kier molecular flexibility index (Phi) is 4.75. The molecule has 0 unspecified atom stereocenters. The molecule has 0 atom stereocenters.